The summed E-state index contributed by atoms with van der Waals surface area (Å²) in [6.45, 7) is 4.70. The number of hydrogen-bond donors (Lipinski definition) is 1. The standard InChI is InChI=1S/C10H18N2O/c1-8(13)12-5-4-9(7-12)6-11-10-2-3-10/h9-11H,2-7H2,1H3/t9-/m1/s1. The highest BCUT2D eigenvalue weighted by Crippen LogP contribution is 2.21. The average molecular weight is 182 g/mol. The molecule has 2 rings (SSSR count). The minimum Gasteiger partial charge on any atom is -0.343 e. The van der Waals surface area contributed by atoms with E-state index in [2.05, 4.69) is 5.32 Å². The Morgan fingerprint density at radius 3 is 2.77 bits per heavy atom. The molecule has 0 spiro atoms. The van der Waals surface area contributed by atoms with Gasteiger partial charge in [-0.05, 0) is 31.7 Å². The number of carbonyl (C=O) groups is 1. The van der Waals surface area contributed by atoms with Crippen molar-refractivity contribution in [2.45, 2.75) is 32.2 Å². The zero-order valence-corrected chi connectivity index (χ0v) is 8.25. The van der Waals surface area contributed by atoms with Crippen LogP contribution in [0.2, 0.25) is 0 Å². The molecule has 2 aliphatic rings. The Bertz CT molecular complexity index is 201. The van der Waals surface area contributed by atoms with Crippen molar-refractivity contribution < 1.29 is 4.79 Å². The normalized spacial score (nSPS) is 28.1. The molecule has 74 valence electrons. The fourth-order valence-electron chi connectivity index (χ4n) is 1.91. The maximum absolute atomic E-state index is 11.0. The third-order valence-electron chi connectivity index (χ3n) is 3.00. The number of nitrogens with zero attached hydrogens (tertiary/aromatic N) is 1. The first-order valence-corrected chi connectivity index (χ1v) is 5.24. The molecule has 1 amide bonds. The van der Waals surface area contributed by atoms with Gasteiger partial charge in [0, 0.05) is 26.1 Å². The summed E-state index contributed by atoms with van der Waals surface area (Å²) < 4.78 is 0. The molecular weight excluding hydrogens is 164 g/mol. The summed E-state index contributed by atoms with van der Waals surface area (Å²) in [6.07, 6.45) is 3.88. The predicted octanol–water partition coefficient (Wildman–Crippen LogP) is 0.607. The number of hydrogen-bond acceptors (Lipinski definition) is 2. The molecule has 1 aliphatic heterocycles. The molecule has 0 bridgehead atoms. The van der Waals surface area contributed by atoms with E-state index >= 15 is 0 Å². The second-order valence-electron chi connectivity index (χ2n) is 4.30. The Labute approximate surface area is 79.5 Å². The highest BCUT2D eigenvalue weighted by molar-refractivity contribution is 5.73. The molecule has 0 aromatic rings. The van der Waals surface area contributed by atoms with Crippen LogP contribution < -0.4 is 5.32 Å². The molecule has 0 unspecified atom stereocenters. The largest absolute Gasteiger partial charge is 0.343 e. The molecule has 0 radical (unpaired) electrons. The third-order valence-corrected chi connectivity index (χ3v) is 3.00. The minimum absolute atomic E-state index is 0.230. The Kier molecular flexibility index (Phi) is 2.54. The summed E-state index contributed by atoms with van der Waals surface area (Å²) >= 11 is 0. The Morgan fingerprint density at radius 2 is 2.23 bits per heavy atom. The SMILES string of the molecule is CC(=O)N1CC[C@H](CNC2CC2)C1. The number of likely N-dealkylation sites (tertiary alicyclic amines) is 1. The molecule has 13 heavy (non-hydrogen) atoms. The lowest BCUT2D eigenvalue weighted by Gasteiger charge is -2.14. The maximum Gasteiger partial charge on any atom is 0.219 e. The summed E-state index contributed by atoms with van der Waals surface area (Å²) in [5.74, 6) is 0.929. The van der Waals surface area contributed by atoms with Gasteiger partial charge in [0.1, 0.15) is 0 Å². The van der Waals surface area contributed by atoms with Crippen LogP contribution in [0.25, 0.3) is 0 Å². The summed E-state index contributed by atoms with van der Waals surface area (Å²) in [6, 6.07) is 0.798. The van der Waals surface area contributed by atoms with E-state index in [0.29, 0.717) is 5.92 Å². The fourth-order valence-corrected chi connectivity index (χ4v) is 1.91. The zero-order valence-electron chi connectivity index (χ0n) is 8.25. The number of nitrogens with one attached hydrogen (secondary N) is 1. The van der Waals surface area contributed by atoms with Crippen molar-refractivity contribution >= 4 is 5.91 Å². The topological polar surface area (TPSA) is 32.3 Å². The van der Waals surface area contributed by atoms with Crippen molar-refractivity contribution in [2.75, 3.05) is 19.6 Å². The van der Waals surface area contributed by atoms with Gasteiger partial charge in [-0.1, -0.05) is 0 Å². The van der Waals surface area contributed by atoms with Gasteiger partial charge >= 0.3 is 0 Å². The number of carbonyl (C=O) groups excluding carboxylic acids is 1. The van der Waals surface area contributed by atoms with Crippen LogP contribution in [0, 0.1) is 5.92 Å². The van der Waals surface area contributed by atoms with Crippen LogP contribution in [0.1, 0.15) is 26.2 Å². The van der Waals surface area contributed by atoms with Gasteiger partial charge in [0.25, 0.3) is 0 Å². The molecule has 1 saturated heterocycles. The van der Waals surface area contributed by atoms with Crippen molar-refractivity contribution in [3.8, 4) is 0 Å². The van der Waals surface area contributed by atoms with E-state index in [1.807, 2.05) is 4.90 Å². The van der Waals surface area contributed by atoms with Crippen molar-refractivity contribution in [3.63, 3.8) is 0 Å². The van der Waals surface area contributed by atoms with Gasteiger partial charge in [0.05, 0.1) is 0 Å². The van der Waals surface area contributed by atoms with Gasteiger partial charge in [0.2, 0.25) is 5.91 Å². The molecule has 1 atom stereocenters. The van der Waals surface area contributed by atoms with Crippen LogP contribution in [0.4, 0.5) is 0 Å². The molecular formula is C10H18N2O. The lowest BCUT2D eigenvalue weighted by Crippen LogP contribution is -2.29. The first-order valence-electron chi connectivity index (χ1n) is 5.24. The van der Waals surface area contributed by atoms with Crippen LogP contribution >= 0.6 is 0 Å². The summed E-state index contributed by atoms with van der Waals surface area (Å²) in [7, 11) is 0. The smallest absolute Gasteiger partial charge is 0.219 e. The molecule has 2 fully saturated rings. The first kappa shape index (κ1) is 9.00. The highest BCUT2D eigenvalue weighted by atomic mass is 16.2. The van der Waals surface area contributed by atoms with E-state index in [0.717, 1.165) is 25.7 Å². The lowest BCUT2D eigenvalue weighted by atomic mass is 10.1. The van der Waals surface area contributed by atoms with Crippen LogP contribution in [0.5, 0.6) is 0 Å². The highest BCUT2D eigenvalue weighted by Gasteiger charge is 2.26. The van der Waals surface area contributed by atoms with Gasteiger partial charge in [-0.3, -0.25) is 4.79 Å². The van der Waals surface area contributed by atoms with Crippen LogP contribution in [-0.4, -0.2) is 36.5 Å². The zero-order chi connectivity index (χ0) is 9.26. The summed E-state index contributed by atoms with van der Waals surface area (Å²) in [5.41, 5.74) is 0. The van der Waals surface area contributed by atoms with Crippen molar-refractivity contribution in [1.82, 2.24) is 10.2 Å². The average Bonchev–Trinajstić information content (AvgIpc) is 2.79. The van der Waals surface area contributed by atoms with Crippen molar-refractivity contribution in [3.05, 3.63) is 0 Å². The molecule has 1 saturated carbocycles. The fraction of sp³-hybridized carbons (Fsp3) is 0.900. The second kappa shape index (κ2) is 3.66. The van der Waals surface area contributed by atoms with E-state index in [4.69, 9.17) is 0 Å². The second-order valence-corrected chi connectivity index (χ2v) is 4.30. The van der Waals surface area contributed by atoms with Gasteiger partial charge in [-0.25, -0.2) is 0 Å². The van der Waals surface area contributed by atoms with Gasteiger partial charge < -0.3 is 10.2 Å². The van der Waals surface area contributed by atoms with E-state index in [-0.39, 0.29) is 5.91 Å². The Morgan fingerprint density at radius 1 is 1.46 bits per heavy atom. The van der Waals surface area contributed by atoms with Crippen LogP contribution in [-0.2, 0) is 4.79 Å². The Hall–Kier alpha value is -0.570. The lowest BCUT2D eigenvalue weighted by molar-refractivity contribution is -0.127. The minimum atomic E-state index is 0.230. The predicted molar refractivity (Wildman–Crippen MR) is 51.4 cm³/mol. The van der Waals surface area contributed by atoms with Crippen LogP contribution in [0.15, 0.2) is 0 Å². The van der Waals surface area contributed by atoms with Crippen molar-refractivity contribution in [2.24, 2.45) is 5.92 Å². The van der Waals surface area contributed by atoms with Gasteiger partial charge in [-0.2, -0.15) is 0 Å². The van der Waals surface area contributed by atoms with E-state index in [1.165, 1.54) is 19.3 Å². The molecule has 3 heteroatoms. The molecule has 1 aliphatic carbocycles. The number of amides is 1. The Balaban J connectivity index is 1.67. The van der Waals surface area contributed by atoms with E-state index in [9.17, 15) is 4.79 Å². The molecule has 0 aromatic heterocycles. The maximum atomic E-state index is 11.0. The molecule has 3 nitrogen and oxygen atoms in total. The first-order chi connectivity index (χ1) is 6.25. The monoisotopic (exact) mass is 182 g/mol. The van der Waals surface area contributed by atoms with E-state index in [1.54, 1.807) is 6.92 Å². The summed E-state index contributed by atoms with van der Waals surface area (Å²) in [5, 5.41) is 3.52. The van der Waals surface area contributed by atoms with E-state index < -0.39 is 0 Å². The summed E-state index contributed by atoms with van der Waals surface area (Å²) in [4.78, 5) is 13.0. The van der Waals surface area contributed by atoms with Gasteiger partial charge in [0.15, 0.2) is 0 Å². The third kappa shape index (κ3) is 2.44. The molecule has 0 aromatic carbocycles. The van der Waals surface area contributed by atoms with Crippen LogP contribution in [0.3, 0.4) is 0 Å². The van der Waals surface area contributed by atoms with Gasteiger partial charge in [-0.15, -0.1) is 0 Å². The quantitative estimate of drug-likeness (QED) is 0.693. The number of rotatable bonds is 3. The van der Waals surface area contributed by atoms with Crippen molar-refractivity contribution in [1.29, 1.82) is 0 Å². The molecule has 1 N–H and O–H groups in total. The molecule has 1 heterocycles.